The normalized spacial score (nSPS) is 10.8. The van der Waals surface area contributed by atoms with Gasteiger partial charge in [0.05, 0.1) is 0 Å². The van der Waals surface area contributed by atoms with Gasteiger partial charge in [0.2, 0.25) is 0 Å². The summed E-state index contributed by atoms with van der Waals surface area (Å²) in [6.45, 7) is 5.83. The van der Waals surface area contributed by atoms with Crippen molar-refractivity contribution in [2.75, 3.05) is 0 Å². The first-order valence-electron chi connectivity index (χ1n) is 4.06. The van der Waals surface area contributed by atoms with Crippen molar-refractivity contribution in [1.29, 1.82) is 0 Å². The van der Waals surface area contributed by atoms with Crippen LogP contribution in [0.3, 0.4) is 0 Å². The maximum Gasteiger partial charge on any atom is 0.256 e. The molecule has 1 heterocycles. The van der Waals surface area contributed by atoms with Gasteiger partial charge in [0.25, 0.3) is 5.56 Å². The van der Waals surface area contributed by atoms with Crippen LogP contribution in [0.25, 0.3) is 0 Å². The molecule has 0 atom stereocenters. The van der Waals surface area contributed by atoms with Crippen LogP contribution in [0.1, 0.15) is 31.2 Å². The van der Waals surface area contributed by atoms with Crippen LogP contribution in [0.5, 0.6) is 0 Å². The highest BCUT2D eigenvalue weighted by Crippen LogP contribution is 2.07. The smallest absolute Gasteiger partial charge is 0.256 e. The summed E-state index contributed by atoms with van der Waals surface area (Å²) in [6, 6.07) is 0. The summed E-state index contributed by atoms with van der Waals surface area (Å²) in [6.07, 6.45) is 1.64. The van der Waals surface area contributed by atoms with Crippen LogP contribution < -0.4 is 5.56 Å². The Morgan fingerprint density at radius 2 is 2.08 bits per heavy atom. The summed E-state index contributed by atoms with van der Waals surface area (Å²) in [7, 11) is 1.76. The second-order valence-electron chi connectivity index (χ2n) is 3.32. The third-order valence-electron chi connectivity index (χ3n) is 1.89. The topological polar surface area (TPSA) is 34.9 Å². The van der Waals surface area contributed by atoms with Crippen LogP contribution in [0.15, 0.2) is 11.0 Å². The van der Waals surface area contributed by atoms with Crippen LogP contribution in [-0.2, 0) is 7.05 Å². The highest BCUT2D eigenvalue weighted by molar-refractivity contribution is 5.06. The van der Waals surface area contributed by atoms with Gasteiger partial charge in [0, 0.05) is 24.7 Å². The van der Waals surface area contributed by atoms with Crippen molar-refractivity contribution in [2.24, 2.45) is 7.05 Å². The van der Waals surface area contributed by atoms with Gasteiger partial charge in [-0.25, -0.2) is 4.98 Å². The number of aryl methyl sites for hydroxylation is 1. The molecule has 0 saturated heterocycles. The van der Waals surface area contributed by atoms with Gasteiger partial charge in [-0.3, -0.25) is 9.36 Å². The molecule has 1 rings (SSSR count). The fourth-order valence-corrected chi connectivity index (χ4v) is 1.21. The summed E-state index contributed by atoms with van der Waals surface area (Å²) in [5.41, 5.74) is 0.746. The van der Waals surface area contributed by atoms with E-state index in [9.17, 15) is 4.79 Å². The maximum atomic E-state index is 11.4. The minimum atomic E-state index is 0.0497. The lowest BCUT2D eigenvalue weighted by Gasteiger charge is -2.09. The van der Waals surface area contributed by atoms with E-state index in [0.717, 1.165) is 5.82 Å². The maximum absolute atomic E-state index is 11.4. The van der Waals surface area contributed by atoms with Gasteiger partial charge >= 0.3 is 0 Å². The van der Waals surface area contributed by atoms with Crippen molar-refractivity contribution in [3.05, 3.63) is 27.9 Å². The molecule has 0 bridgehead atoms. The van der Waals surface area contributed by atoms with E-state index in [2.05, 4.69) is 4.98 Å². The van der Waals surface area contributed by atoms with Crippen LogP contribution in [0, 0.1) is 6.92 Å². The minimum absolute atomic E-state index is 0.0497. The first kappa shape index (κ1) is 8.97. The Labute approximate surface area is 72.1 Å². The molecule has 0 aliphatic carbocycles. The van der Waals surface area contributed by atoms with Crippen molar-refractivity contribution in [3.8, 4) is 0 Å². The third-order valence-corrected chi connectivity index (χ3v) is 1.89. The molecule has 0 aromatic carbocycles. The molecule has 0 aliphatic heterocycles. The number of rotatable bonds is 1. The van der Waals surface area contributed by atoms with Gasteiger partial charge < -0.3 is 0 Å². The summed E-state index contributed by atoms with van der Waals surface area (Å²) in [4.78, 5) is 15.6. The largest absolute Gasteiger partial charge is 0.299 e. The lowest BCUT2D eigenvalue weighted by atomic mass is 10.2. The Hall–Kier alpha value is -1.12. The monoisotopic (exact) mass is 166 g/mol. The van der Waals surface area contributed by atoms with E-state index in [1.807, 2.05) is 13.8 Å². The van der Waals surface area contributed by atoms with E-state index in [1.165, 1.54) is 0 Å². The van der Waals surface area contributed by atoms with Crippen molar-refractivity contribution < 1.29 is 0 Å². The fourth-order valence-electron chi connectivity index (χ4n) is 1.21. The van der Waals surface area contributed by atoms with Gasteiger partial charge in [0.15, 0.2) is 0 Å². The zero-order valence-corrected chi connectivity index (χ0v) is 7.96. The molecule has 12 heavy (non-hydrogen) atoms. The summed E-state index contributed by atoms with van der Waals surface area (Å²) < 4.78 is 1.61. The number of hydrogen-bond acceptors (Lipinski definition) is 2. The van der Waals surface area contributed by atoms with Gasteiger partial charge in [0.1, 0.15) is 5.82 Å². The van der Waals surface area contributed by atoms with Crippen LogP contribution in [-0.4, -0.2) is 9.55 Å². The van der Waals surface area contributed by atoms with E-state index in [-0.39, 0.29) is 5.56 Å². The van der Waals surface area contributed by atoms with E-state index < -0.39 is 0 Å². The average molecular weight is 166 g/mol. The first-order chi connectivity index (χ1) is 5.54. The standard InChI is InChI=1S/C9H14N2O/c1-6(2)8-10-5-7(3)9(12)11(8)4/h5-6H,1-4H3. The SMILES string of the molecule is Cc1cnc(C(C)C)n(C)c1=O. The molecule has 0 N–H and O–H groups in total. The number of hydrogen-bond donors (Lipinski definition) is 0. The molecule has 0 aliphatic rings. The van der Waals surface area contributed by atoms with E-state index in [1.54, 1.807) is 24.7 Å². The van der Waals surface area contributed by atoms with Gasteiger partial charge in [-0.05, 0) is 6.92 Å². The van der Waals surface area contributed by atoms with Gasteiger partial charge in [-0.15, -0.1) is 0 Å². The van der Waals surface area contributed by atoms with Crippen LogP contribution >= 0.6 is 0 Å². The second kappa shape index (κ2) is 3.09. The van der Waals surface area contributed by atoms with E-state index >= 15 is 0 Å². The highest BCUT2D eigenvalue weighted by atomic mass is 16.1. The summed E-state index contributed by atoms with van der Waals surface area (Å²) in [5, 5.41) is 0. The Balaban J connectivity index is 3.37. The molecular formula is C9H14N2O. The molecule has 66 valence electrons. The van der Waals surface area contributed by atoms with Crippen molar-refractivity contribution >= 4 is 0 Å². The van der Waals surface area contributed by atoms with Gasteiger partial charge in [-0.2, -0.15) is 0 Å². The molecule has 0 spiro atoms. The Morgan fingerprint density at radius 1 is 1.50 bits per heavy atom. The van der Waals surface area contributed by atoms with E-state index in [0.29, 0.717) is 11.5 Å². The molecule has 1 aromatic heterocycles. The zero-order valence-electron chi connectivity index (χ0n) is 7.96. The van der Waals surface area contributed by atoms with Crippen molar-refractivity contribution in [2.45, 2.75) is 26.7 Å². The molecule has 3 nitrogen and oxygen atoms in total. The molecule has 1 aromatic rings. The minimum Gasteiger partial charge on any atom is -0.299 e. The van der Waals surface area contributed by atoms with Crippen molar-refractivity contribution in [3.63, 3.8) is 0 Å². The molecular weight excluding hydrogens is 152 g/mol. The van der Waals surface area contributed by atoms with E-state index in [4.69, 9.17) is 0 Å². The summed E-state index contributed by atoms with van der Waals surface area (Å²) in [5.74, 6) is 1.13. The Bertz CT molecular complexity index is 339. The number of aromatic nitrogens is 2. The van der Waals surface area contributed by atoms with Crippen molar-refractivity contribution in [1.82, 2.24) is 9.55 Å². The quantitative estimate of drug-likeness (QED) is 0.628. The average Bonchev–Trinajstić information content (AvgIpc) is 2.00. The highest BCUT2D eigenvalue weighted by Gasteiger charge is 2.06. The Kier molecular flexibility index (Phi) is 2.31. The van der Waals surface area contributed by atoms with Crippen LogP contribution in [0.2, 0.25) is 0 Å². The predicted molar refractivity (Wildman–Crippen MR) is 48.3 cm³/mol. The fraction of sp³-hybridized carbons (Fsp3) is 0.556. The zero-order chi connectivity index (χ0) is 9.30. The third kappa shape index (κ3) is 1.40. The summed E-state index contributed by atoms with van der Waals surface area (Å²) >= 11 is 0. The van der Waals surface area contributed by atoms with Gasteiger partial charge in [-0.1, -0.05) is 13.8 Å². The molecule has 0 radical (unpaired) electrons. The second-order valence-corrected chi connectivity index (χ2v) is 3.32. The Morgan fingerprint density at radius 3 is 2.58 bits per heavy atom. The lowest BCUT2D eigenvalue weighted by Crippen LogP contribution is -2.24. The molecule has 3 heteroatoms. The predicted octanol–water partition coefficient (Wildman–Crippen LogP) is 1.21. The number of nitrogens with zero attached hydrogens (tertiary/aromatic N) is 2. The molecule has 0 fully saturated rings. The lowest BCUT2D eigenvalue weighted by molar-refractivity contribution is 0.660. The first-order valence-corrected chi connectivity index (χ1v) is 4.06. The van der Waals surface area contributed by atoms with Crippen LogP contribution in [0.4, 0.5) is 0 Å². The molecule has 0 amide bonds. The molecule has 0 saturated carbocycles. The molecule has 0 unspecified atom stereocenters.